The maximum absolute atomic E-state index is 12.3. The molecule has 7 heteroatoms. The SMILES string of the molecule is CC1(C)CCCC(C)(C)N1CCNC(=O)c1ccc(NS(C)(=O)=O)cc1. The Hall–Kier alpha value is -1.60. The van der Waals surface area contributed by atoms with Gasteiger partial charge in [0.05, 0.1) is 6.26 Å². The molecule has 0 aliphatic carbocycles. The Morgan fingerprint density at radius 1 is 1.08 bits per heavy atom. The summed E-state index contributed by atoms with van der Waals surface area (Å²) in [5, 5.41) is 2.97. The van der Waals surface area contributed by atoms with E-state index in [0.29, 0.717) is 17.8 Å². The first kappa shape index (κ1) is 20.7. The fourth-order valence-corrected chi connectivity index (χ4v) is 4.50. The van der Waals surface area contributed by atoms with Gasteiger partial charge in [0.25, 0.3) is 5.91 Å². The van der Waals surface area contributed by atoms with E-state index in [0.717, 1.165) is 12.8 Å². The van der Waals surface area contributed by atoms with Crippen LogP contribution in [0.2, 0.25) is 0 Å². The molecule has 2 rings (SSSR count). The highest BCUT2D eigenvalue weighted by molar-refractivity contribution is 7.92. The number of nitrogens with one attached hydrogen (secondary N) is 2. The van der Waals surface area contributed by atoms with E-state index in [9.17, 15) is 13.2 Å². The number of hydrogen-bond donors (Lipinski definition) is 2. The fourth-order valence-electron chi connectivity index (χ4n) is 3.94. The predicted octanol–water partition coefficient (Wildman–Crippen LogP) is 2.83. The molecule has 1 aliphatic rings. The monoisotopic (exact) mass is 381 g/mol. The van der Waals surface area contributed by atoms with Gasteiger partial charge in [0, 0.05) is 35.4 Å². The number of nitrogens with zero attached hydrogens (tertiary/aromatic N) is 1. The van der Waals surface area contributed by atoms with Crippen molar-refractivity contribution >= 4 is 21.6 Å². The molecule has 0 bridgehead atoms. The van der Waals surface area contributed by atoms with Gasteiger partial charge in [-0.15, -0.1) is 0 Å². The molecule has 0 unspecified atom stereocenters. The second-order valence-corrected chi connectivity index (χ2v) is 10.1. The lowest BCUT2D eigenvalue weighted by atomic mass is 9.80. The Bertz CT molecular complexity index is 724. The molecule has 0 aromatic heterocycles. The lowest BCUT2D eigenvalue weighted by Crippen LogP contribution is -2.60. The molecule has 1 aliphatic heterocycles. The first-order valence-corrected chi connectivity index (χ1v) is 10.9. The minimum Gasteiger partial charge on any atom is -0.351 e. The maximum Gasteiger partial charge on any atom is 0.251 e. The topological polar surface area (TPSA) is 78.5 Å². The van der Waals surface area contributed by atoms with Gasteiger partial charge in [-0.1, -0.05) is 0 Å². The smallest absolute Gasteiger partial charge is 0.251 e. The third kappa shape index (κ3) is 5.45. The largest absolute Gasteiger partial charge is 0.351 e. The fraction of sp³-hybridized carbons (Fsp3) is 0.632. The van der Waals surface area contributed by atoms with Gasteiger partial charge in [0.2, 0.25) is 10.0 Å². The van der Waals surface area contributed by atoms with Crippen molar-refractivity contribution in [2.45, 2.75) is 58.0 Å². The Morgan fingerprint density at radius 2 is 1.62 bits per heavy atom. The summed E-state index contributed by atoms with van der Waals surface area (Å²) in [6, 6.07) is 6.43. The van der Waals surface area contributed by atoms with Gasteiger partial charge < -0.3 is 5.32 Å². The zero-order valence-corrected chi connectivity index (χ0v) is 17.2. The molecule has 146 valence electrons. The molecular weight excluding hydrogens is 350 g/mol. The van der Waals surface area contributed by atoms with Crippen LogP contribution in [0.3, 0.4) is 0 Å². The van der Waals surface area contributed by atoms with E-state index in [1.165, 1.54) is 19.3 Å². The summed E-state index contributed by atoms with van der Waals surface area (Å²) in [5.74, 6) is -0.150. The van der Waals surface area contributed by atoms with E-state index >= 15 is 0 Å². The number of sulfonamides is 1. The van der Waals surface area contributed by atoms with Crippen LogP contribution in [0.4, 0.5) is 5.69 Å². The Balaban J connectivity index is 1.92. The van der Waals surface area contributed by atoms with Gasteiger partial charge in [-0.25, -0.2) is 8.42 Å². The van der Waals surface area contributed by atoms with Crippen LogP contribution in [-0.4, -0.2) is 49.6 Å². The van der Waals surface area contributed by atoms with Gasteiger partial charge in [-0.05, 0) is 71.2 Å². The molecule has 1 fully saturated rings. The highest BCUT2D eigenvalue weighted by atomic mass is 32.2. The Morgan fingerprint density at radius 3 is 2.12 bits per heavy atom. The number of carbonyl (C=O) groups excluding carboxylic acids is 1. The molecule has 0 saturated carbocycles. The van der Waals surface area contributed by atoms with E-state index in [2.05, 4.69) is 42.6 Å². The van der Waals surface area contributed by atoms with Crippen LogP contribution in [0.25, 0.3) is 0 Å². The summed E-state index contributed by atoms with van der Waals surface area (Å²) < 4.78 is 24.8. The van der Waals surface area contributed by atoms with Crippen LogP contribution >= 0.6 is 0 Å². The number of rotatable bonds is 6. The second-order valence-electron chi connectivity index (χ2n) is 8.34. The first-order valence-electron chi connectivity index (χ1n) is 9.05. The van der Waals surface area contributed by atoms with Crippen LogP contribution in [0.1, 0.15) is 57.3 Å². The third-order valence-electron chi connectivity index (χ3n) is 5.11. The van der Waals surface area contributed by atoms with Gasteiger partial charge >= 0.3 is 0 Å². The van der Waals surface area contributed by atoms with Crippen molar-refractivity contribution in [3.05, 3.63) is 29.8 Å². The van der Waals surface area contributed by atoms with Crippen LogP contribution in [-0.2, 0) is 10.0 Å². The first-order chi connectivity index (χ1) is 11.9. The van der Waals surface area contributed by atoms with Crippen LogP contribution in [0.15, 0.2) is 24.3 Å². The summed E-state index contributed by atoms with van der Waals surface area (Å²) in [4.78, 5) is 14.8. The zero-order chi connectivity index (χ0) is 19.6. The highest BCUT2D eigenvalue weighted by Crippen LogP contribution is 2.37. The summed E-state index contributed by atoms with van der Waals surface area (Å²) in [6.45, 7) is 10.5. The Labute approximate surface area is 157 Å². The van der Waals surface area contributed by atoms with Crippen molar-refractivity contribution in [2.75, 3.05) is 24.1 Å². The number of benzene rings is 1. The molecule has 0 radical (unpaired) electrons. The minimum atomic E-state index is -3.32. The van der Waals surface area contributed by atoms with Crippen molar-refractivity contribution in [3.63, 3.8) is 0 Å². The van der Waals surface area contributed by atoms with Gasteiger partial charge in [-0.3, -0.25) is 14.4 Å². The molecule has 1 saturated heterocycles. The van der Waals surface area contributed by atoms with Crippen molar-refractivity contribution in [2.24, 2.45) is 0 Å². The molecule has 0 atom stereocenters. The number of piperidine rings is 1. The van der Waals surface area contributed by atoms with E-state index in [1.54, 1.807) is 24.3 Å². The lowest BCUT2D eigenvalue weighted by molar-refractivity contribution is -0.0251. The normalized spacial score (nSPS) is 19.7. The van der Waals surface area contributed by atoms with Crippen molar-refractivity contribution < 1.29 is 13.2 Å². The molecule has 26 heavy (non-hydrogen) atoms. The quantitative estimate of drug-likeness (QED) is 0.794. The minimum absolute atomic E-state index is 0.130. The van der Waals surface area contributed by atoms with Crippen molar-refractivity contribution in [3.8, 4) is 0 Å². The predicted molar refractivity (Wildman–Crippen MR) is 106 cm³/mol. The van der Waals surface area contributed by atoms with Crippen molar-refractivity contribution in [1.82, 2.24) is 10.2 Å². The molecule has 1 heterocycles. The summed E-state index contributed by atoms with van der Waals surface area (Å²) in [7, 11) is -3.32. The summed E-state index contributed by atoms with van der Waals surface area (Å²) >= 11 is 0. The summed E-state index contributed by atoms with van der Waals surface area (Å²) in [6.07, 6.45) is 4.66. The molecule has 2 N–H and O–H groups in total. The number of amides is 1. The average Bonchev–Trinajstić information content (AvgIpc) is 2.48. The van der Waals surface area contributed by atoms with Crippen LogP contribution in [0.5, 0.6) is 0 Å². The van der Waals surface area contributed by atoms with Gasteiger partial charge in [0.15, 0.2) is 0 Å². The molecule has 6 nitrogen and oxygen atoms in total. The van der Waals surface area contributed by atoms with E-state index in [-0.39, 0.29) is 17.0 Å². The molecule has 0 spiro atoms. The van der Waals surface area contributed by atoms with E-state index in [1.807, 2.05) is 0 Å². The number of anilines is 1. The highest BCUT2D eigenvalue weighted by Gasteiger charge is 2.40. The van der Waals surface area contributed by atoms with Crippen LogP contribution in [0, 0.1) is 0 Å². The standard InChI is InChI=1S/C19H31N3O3S/c1-18(2)11-6-12-19(3,4)22(18)14-13-20-17(23)15-7-9-16(10-8-15)21-26(5,24)25/h7-10,21H,6,11-14H2,1-5H3,(H,20,23). The average molecular weight is 382 g/mol. The number of likely N-dealkylation sites (tertiary alicyclic amines) is 1. The zero-order valence-electron chi connectivity index (χ0n) is 16.4. The lowest BCUT2D eigenvalue weighted by Gasteiger charge is -2.53. The molecule has 1 aromatic rings. The van der Waals surface area contributed by atoms with E-state index < -0.39 is 10.0 Å². The number of carbonyl (C=O) groups is 1. The van der Waals surface area contributed by atoms with Gasteiger partial charge in [-0.2, -0.15) is 0 Å². The third-order valence-corrected chi connectivity index (χ3v) is 5.72. The second kappa shape index (κ2) is 7.56. The van der Waals surface area contributed by atoms with Crippen molar-refractivity contribution in [1.29, 1.82) is 0 Å². The molecule has 1 amide bonds. The molecule has 1 aromatic carbocycles. The van der Waals surface area contributed by atoms with Crippen LogP contribution < -0.4 is 10.0 Å². The number of hydrogen-bond acceptors (Lipinski definition) is 4. The molecular formula is C19H31N3O3S. The van der Waals surface area contributed by atoms with Gasteiger partial charge in [0.1, 0.15) is 0 Å². The summed E-state index contributed by atoms with van der Waals surface area (Å²) in [5.41, 5.74) is 1.22. The van der Waals surface area contributed by atoms with E-state index in [4.69, 9.17) is 0 Å². The Kier molecular flexibility index (Phi) is 6.02. The maximum atomic E-state index is 12.3.